The van der Waals surface area contributed by atoms with E-state index in [1.54, 1.807) is 0 Å². The zero-order valence-corrected chi connectivity index (χ0v) is 38.2. The molecule has 0 bridgehead atoms. The highest BCUT2D eigenvalue weighted by Gasteiger charge is 2.24. The monoisotopic (exact) mass is 804 g/mol. The number of carbonyl (C=O) groups excluding carboxylic acids is 2. The number of aliphatic hydroxyl groups is 2. The summed E-state index contributed by atoms with van der Waals surface area (Å²) in [6.07, 6.45) is 50.9. The van der Waals surface area contributed by atoms with E-state index in [4.69, 9.17) is 4.74 Å². The van der Waals surface area contributed by atoms with Crippen LogP contribution in [0.3, 0.4) is 0 Å². The summed E-state index contributed by atoms with van der Waals surface area (Å²) in [5.41, 5.74) is 0. The van der Waals surface area contributed by atoms with Crippen LogP contribution in [0.4, 0.5) is 0 Å². The maximum Gasteiger partial charge on any atom is 0.306 e. The van der Waals surface area contributed by atoms with Gasteiger partial charge < -0.3 is 20.3 Å². The minimum Gasteiger partial charge on any atom is -0.462 e. The first-order chi connectivity index (χ1) is 28.0. The number of esters is 1. The number of hydrogen-bond acceptors (Lipinski definition) is 5. The number of carbonyl (C=O) groups is 2. The van der Waals surface area contributed by atoms with E-state index in [0.717, 1.165) is 70.6 Å². The second kappa shape index (κ2) is 45.4. The van der Waals surface area contributed by atoms with Gasteiger partial charge in [-0.1, -0.05) is 199 Å². The summed E-state index contributed by atoms with van der Waals surface area (Å²) in [4.78, 5) is 26.1. The van der Waals surface area contributed by atoms with Crippen molar-refractivity contribution in [2.75, 3.05) is 6.61 Å². The Balaban J connectivity index is 4.61. The third-order valence-electron chi connectivity index (χ3n) is 11.5. The maximum atomic E-state index is 13.2. The third kappa shape index (κ3) is 40.9. The molecule has 57 heavy (non-hydrogen) atoms. The number of amides is 1. The minimum absolute atomic E-state index is 0.0695. The van der Waals surface area contributed by atoms with Crippen LogP contribution in [0.25, 0.3) is 0 Å². The minimum atomic E-state index is -0.787. The second-order valence-corrected chi connectivity index (χ2v) is 17.2. The Morgan fingerprint density at radius 1 is 0.491 bits per heavy atom. The fourth-order valence-electron chi connectivity index (χ4n) is 7.65. The molecule has 0 spiro atoms. The zero-order chi connectivity index (χ0) is 41.7. The maximum absolute atomic E-state index is 13.2. The van der Waals surface area contributed by atoms with Gasteiger partial charge in [-0.05, 0) is 77.0 Å². The molecule has 3 unspecified atom stereocenters. The largest absolute Gasteiger partial charge is 0.462 e. The molecule has 0 aromatic carbocycles. The molecule has 3 atom stereocenters. The van der Waals surface area contributed by atoms with E-state index < -0.39 is 18.2 Å². The zero-order valence-electron chi connectivity index (χ0n) is 38.2. The molecule has 0 aromatic heterocycles. The van der Waals surface area contributed by atoms with Crippen LogP contribution in [0.15, 0.2) is 24.3 Å². The molecule has 6 nitrogen and oxygen atoms in total. The summed E-state index contributed by atoms with van der Waals surface area (Å²) < 4.78 is 5.91. The number of nitrogens with one attached hydrogen (secondary N) is 1. The first-order valence-corrected chi connectivity index (χ1v) is 25.1. The van der Waals surface area contributed by atoms with Crippen molar-refractivity contribution in [3.05, 3.63) is 24.3 Å². The Morgan fingerprint density at radius 3 is 1.25 bits per heavy atom. The van der Waals surface area contributed by atoms with Gasteiger partial charge in [0.05, 0.1) is 25.2 Å². The van der Waals surface area contributed by atoms with Crippen LogP contribution < -0.4 is 5.32 Å². The molecule has 0 rings (SSSR count). The third-order valence-corrected chi connectivity index (χ3v) is 11.5. The average molecular weight is 804 g/mol. The molecule has 0 radical (unpaired) electrons. The van der Waals surface area contributed by atoms with Gasteiger partial charge >= 0.3 is 5.97 Å². The highest BCUT2D eigenvalue weighted by molar-refractivity contribution is 5.77. The van der Waals surface area contributed by atoms with Crippen molar-refractivity contribution in [3.63, 3.8) is 0 Å². The van der Waals surface area contributed by atoms with Crippen molar-refractivity contribution in [2.45, 2.75) is 283 Å². The van der Waals surface area contributed by atoms with E-state index in [2.05, 4.69) is 50.4 Å². The molecule has 0 aliphatic rings. The van der Waals surface area contributed by atoms with Crippen molar-refractivity contribution in [1.82, 2.24) is 5.32 Å². The molecule has 0 fully saturated rings. The predicted molar refractivity (Wildman–Crippen MR) is 246 cm³/mol. The van der Waals surface area contributed by atoms with Crippen LogP contribution in [0, 0.1) is 0 Å². The molecule has 3 N–H and O–H groups in total. The first kappa shape index (κ1) is 55.3. The van der Waals surface area contributed by atoms with Crippen LogP contribution in [-0.2, 0) is 14.3 Å². The van der Waals surface area contributed by atoms with Gasteiger partial charge in [0.15, 0.2) is 0 Å². The summed E-state index contributed by atoms with van der Waals surface area (Å²) in [6.45, 7) is 6.46. The Hall–Kier alpha value is -1.66. The van der Waals surface area contributed by atoms with Gasteiger partial charge in [-0.15, -0.1) is 0 Å². The van der Waals surface area contributed by atoms with Crippen molar-refractivity contribution < 1.29 is 24.5 Å². The van der Waals surface area contributed by atoms with Crippen LogP contribution in [-0.4, -0.2) is 46.9 Å². The van der Waals surface area contributed by atoms with E-state index in [1.165, 1.54) is 148 Å². The van der Waals surface area contributed by atoms with Crippen molar-refractivity contribution >= 4 is 11.9 Å². The molecule has 0 saturated carbocycles. The van der Waals surface area contributed by atoms with Crippen molar-refractivity contribution in [2.24, 2.45) is 0 Å². The van der Waals surface area contributed by atoms with Crippen molar-refractivity contribution in [1.29, 1.82) is 0 Å². The summed E-state index contributed by atoms with van der Waals surface area (Å²) in [7, 11) is 0. The molecule has 0 aliphatic carbocycles. The average Bonchev–Trinajstić information content (AvgIpc) is 3.20. The van der Waals surface area contributed by atoms with E-state index in [-0.39, 0.29) is 24.9 Å². The van der Waals surface area contributed by atoms with Crippen LogP contribution in [0.5, 0.6) is 0 Å². The smallest absolute Gasteiger partial charge is 0.306 e. The summed E-state index contributed by atoms with van der Waals surface area (Å²) in [5.74, 6) is -0.492. The Kier molecular flexibility index (Phi) is 44.1. The van der Waals surface area contributed by atoms with Crippen LogP contribution >= 0.6 is 0 Å². The number of unbranched alkanes of at least 4 members (excludes halogenated alkanes) is 29. The molecule has 0 aromatic rings. The number of ether oxygens (including phenoxy) is 1. The molecule has 1 amide bonds. The van der Waals surface area contributed by atoms with E-state index >= 15 is 0 Å². The Morgan fingerprint density at radius 2 is 0.842 bits per heavy atom. The lowest BCUT2D eigenvalue weighted by atomic mass is 10.0. The van der Waals surface area contributed by atoms with Gasteiger partial charge in [0.1, 0.15) is 6.10 Å². The highest BCUT2D eigenvalue weighted by atomic mass is 16.5. The lowest BCUT2D eigenvalue weighted by Crippen LogP contribution is -2.46. The molecular formula is C51H97NO5. The van der Waals surface area contributed by atoms with Gasteiger partial charge in [-0.25, -0.2) is 0 Å². The molecule has 336 valence electrons. The first-order valence-electron chi connectivity index (χ1n) is 25.1. The summed E-state index contributed by atoms with van der Waals surface area (Å²) in [6, 6.07) is -0.702. The molecular weight excluding hydrogens is 707 g/mol. The summed E-state index contributed by atoms with van der Waals surface area (Å²) in [5, 5.41) is 23.7. The summed E-state index contributed by atoms with van der Waals surface area (Å²) >= 11 is 0. The van der Waals surface area contributed by atoms with Gasteiger partial charge in [-0.2, -0.15) is 0 Å². The van der Waals surface area contributed by atoms with Gasteiger partial charge in [0, 0.05) is 6.42 Å². The standard InChI is InChI=1S/C51H97NO5/c1-4-7-10-13-16-19-22-24-25-27-28-30-33-36-39-42-47(57-51(56)44-41-38-35-32-29-26-23-20-17-14-11-8-5-2)45-50(55)52-48(46-53)49(54)43-40-37-34-31-21-18-15-12-9-6-3/h24-26,29,47-49,53-54H,4-23,27-28,30-46H2,1-3H3,(H,52,55)/b25-24+,29-26-. The highest BCUT2D eigenvalue weighted by Crippen LogP contribution is 2.17. The number of rotatable bonds is 45. The fourth-order valence-corrected chi connectivity index (χ4v) is 7.65. The van der Waals surface area contributed by atoms with Crippen molar-refractivity contribution in [3.8, 4) is 0 Å². The molecule has 0 heterocycles. The second-order valence-electron chi connectivity index (χ2n) is 17.2. The van der Waals surface area contributed by atoms with Gasteiger partial charge in [0.25, 0.3) is 0 Å². The van der Waals surface area contributed by atoms with E-state index in [1.807, 2.05) is 0 Å². The van der Waals surface area contributed by atoms with Crippen LogP contribution in [0.1, 0.15) is 265 Å². The SMILES string of the molecule is CCCCCCCC/C=C\CCCCCC(=O)OC(CCCCCCC/C=C/CCCCCCCC)CC(=O)NC(CO)C(O)CCCCCCCCCCCC. The molecule has 6 heteroatoms. The van der Waals surface area contributed by atoms with E-state index in [0.29, 0.717) is 19.3 Å². The normalized spacial score (nSPS) is 13.4. The number of hydrogen-bond donors (Lipinski definition) is 3. The van der Waals surface area contributed by atoms with E-state index in [9.17, 15) is 19.8 Å². The lowest BCUT2D eigenvalue weighted by molar-refractivity contribution is -0.151. The Bertz CT molecular complexity index is 904. The lowest BCUT2D eigenvalue weighted by Gasteiger charge is -2.24. The topological polar surface area (TPSA) is 95.9 Å². The molecule has 0 aliphatic heterocycles. The Labute approximate surface area is 354 Å². The quantitative estimate of drug-likeness (QED) is 0.0324. The van der Waals surface area contributed by atoms with Gasteiger partial charge in [-0.3, -0.25) is 9.59 Å². The predicted octanol–water partition coefficient (Wildman–Crippen LogP) is 14.7. The number of allylic oxidation sites excluding steroid dienone is 4. The van der Waals surface area contributed by atoms with Crippen LogP contribution in [0.2, 0.25) is 0 Å². The number of aliphatic hydroxyl groups excluding tert-OH is 2. The fraction of sp³-hybridized carbons (Fsp3) is 0.882. The van der Waals surface area contributed by atoms with Gasteiger partial charge in [0.2, 0.25) is 5.91 Å². The molecule has 0 saturated heterocycles.